The van der Waals surface area contributed by atoms with E-state index in [0.717, 1.165) is 10.0 Å². The molecule has 0 amide bonds. The van der Waals surface area contributed by atoms with E-state index in [9.17, 15) is 4.39 Å². The Morgan fingerprint density at radius 1 is 1.53 bits per heavy atom. The molecule has 0 saturated heterocycles. The first-order valence-corrected chi connectivity index (χ1v) is 5.56. The number of hydrogen-bond donors (Lipinski definition) is 1. The van der Waals surface area contributed by atoms with E-state index in [4.69, 9.17) is 10.5 Å². The molecule has 0 aromatic heterocycles. The highest BCUT2D eigenvalue weighted by molar-refractivity contribution is 9.10. The van der Waals surface area contributed by atoms with Crippen molar-refractivity contribution in [2.24, 2.45) is 5.73 Å². The maximum atomic E-state index is 13.0. The predicted octanol–water partition coefficient (Wildman–Crippen LogP) is 2.49. The van der Waals surface area contributed by atoms with Gasteiger partial charge in [0.25, 0.3) is 0 Å². The minimum absolute atomic E-state index is 0.0415. The molecule has 4 heteroatoms. The van der Waals surface area contributed by atoms with E-state index in [1.165, 1.54) is 12.1 Å². The maximum Gasteiger partial charge on any atom is 0.123 e. The van der Waals surface area contributed by atoms with Gasteiger partial charge in [-0.2, -0.15) is 0 Å². The fourth-order valence-electron chi connectivity index (χ4n) is 1.29. The van der Waals surface area contributed by atoms with Crippen LogP contribution >= 0.6 is 15.9 Å². The number of nitrogens with two attached hydrogens (primary N) is 1. The quantitative estimate of drug-likeness (QED) is 0.917. The molecule has 0 aliphatic carbocycles. The Labute approximate surface area is 97.7 Å². The van der Waals surface area contributed by atoms with Gasteiger partial charge in [0.1, 0.15) is 5.82 Å². The van der Waals surface area contributed by atoms with Crippen LogP contribution in [0.3, 0.4) is 0 Å². The molecule has 0 bridgehead atoms. The van der Waals surface area contributed by atoms with Crippen molar-refractivity contribution < 1.29 is 9.13 Å². The smallest absolute Gasteiger partial charge is 0.123 e. The summed E-state index contributed by atoms with van der Waals surface area (Å²) in [6.07, 6.45) is 0.549. The molecule has 1 rings (SSSR count). The summed E-state index contributed by atoms with van der Waals surface area (Å²) >= 11 is 3.37. The first-order chi connectivity index (χ1) is 7.04. The van der Waals surface area contributed by atoms with Crippen LogP contribution < -0.4 is 5.73 Å². The monoisotopic (exact) mass is 275 g/mol. The summed E-state index contributed by atoms with van der Waals surface area (Å²) in [5, 5.41) is 0. The summed E-state index contributed by atoms with van der Waals surface area (Å²) in [4.78, 5) is 0. The summed E-state index contributed by atoms with van der Waals surface area (Å²) in [6.45, 7) is 1.90. The molecule has 0 aliphatic heterocycles. The van der Waals surface area contributed by atoms with Gasteiger partial charge in [0.2, 0.25) is 0 Å². The highest BCUT2D eigenvalue weighted by atomic mass is 79.9. The van der Waals surface area contributed by atoms with Gasteiger partial charge >= 0.3 is 0 Å². The Balaban J connectivity index is 2.75. The molecular weight excluding hydrogens is 261 g/mol. The second-order valence-electron chi connectivity index (χ2n) is 3.54. The van der Waals surface area contributed by atoms with Gasteiger partial charge in [0, 0.05) is 17.6 Å². The summed E-state index contributed by atoms with van der Waals surface area (Å²) < 4.78 is 19.0. The molecule has 15 heavy (non-hydrogen) atoms. The first-order valence-electron chi connectivity index (χ1n) is 4.77. The zero-order valence-electron chi connectivity index (χ0n) is 8.84. The van der Waals surface area contributed by atoms with Crippen LogP contribution in [0.1, 0.15) is 12.5 Å². The Morgan fingerprint density at radius 2 is 2.20 bits per heavy atom. The van der Waals surface area contributed by atoms with Gasteiger partial charge in [-0.05, 0) is 37.1 Å². The van der Waals surface area contributed by atoms with Gasteiger partial charge in [0.05, 0.1) is 6.10 Å². The van der Waals surface area contributed by atoms with Crippen molar-refractivity contribution in [3.63, 3.8) is 0 Å². The molecule has 0 saturated carbocycles. The Bertz CT molecular complexity index is 332. The largest absolute Gasteiger partial charge is 0.380 e. The molecule has 84 valence electrons. The van der Waals surface area contributed by atoms with Crippen molar-refractivity contribution >= 4 is 15.9 Å². The van der Waals surface area contributed by atoms with E-state index < -0.39 is 0 Å². The van der Waals surface area contributed by atoms with Gasteiger partial charge < -0.3 is 10.5 Å². The fraction of sp³-hybridized carbons (Fsp3) is 0.455. The van der Waals surface area contributed by atoms with Crippen LogP contribution in [-0.2, 0) is 11.2 Å². The number of ether oxygens (including phenoxy) is 1. The van der Waals surface area contributed by atoms with Gasteiger partial charge in [0.15, 0.2) is 0 Å². The third-order valence-electron chi connectivity index (χ3n) is 2.44. The number of methoxy groups -OCH3 is 1. The topological polar surface area (TPSA) is 35.2 Å². The molecule has 0 radical (unpaired) electrons. The van der Waals surface area contributed by atoms with Gasteiger partial charge in [-0.15, -0.1) is 0 Å². The minimum atomic E-state index is -0.245. The van der Waals surface area contributed by atoms with E-state index in [2.05, 4.69) is 15.9 Å². The van der Waals surface area contributed by atoms with Crippen molar-refractivity contribution in [3.05, 3.63) is 34.1 Å². The molecular formula is C11H15BrFNO. The van der Waals surface area contributed by atoms with Gasteiger partial charge in [-0.25, -0.2) is 4.39 Å². The van der Waals surface area contributed by atoms with Crippen molar-refractivity contribution in [2.75, 3.05) is 7.11 Å². The first kappa shape index (κ1) is 12.6. The summed E-state index contributed by atoms with van der Waals surface area (Å²) in [7, 11) is 1.62. The zero-order valence-corrected chi connectivity index (χ0v) is 10.4. The van der Waals surface area contributed by atoms with E-state index in [0.29, 0.717) is 6.42 Å². The average molecular weight is 276 g/mol. The molecule has 2 nitrogen and oxygen atoms in total. The lowest BCUT2D eigenvalue weighted by molar-refractivity contribution is 0.0955. The molecule has 1 aromatic rings. The third kappa shape index (κ3) is 3.55. The van der Waals surface area contributed by atoms with Crippen molar-refractivity contribution in [2.45, 2.75) is 25.5 Å². The van der Waals surface area contributed by atoms with E-state index in [1.54, 1.807) is 13.2 Å². The van der Waals surface area contributed by atoms with E-state index >= 15 is 0 Å². The molecule has 0 fully saturated rings. The Kier molecular flexibility index (Phi) is 4.70. The Morgan fingerprint density at radius 3 is 2.80 bits per heavy atom. The zero-order chi connectivity index (χ0) is 11.4. The van der Waals surface area contributed by atoms with Crippen molar-refractivity contribution in [1.29, 1.82) is 0 Å². The van der Waals surface area contributed by atoms with Crippen LogP contribution in [0.5, 0.6) is 0 Å². The number of halogens is 2. The average Bonchev–Trinajstić information content (AvgIpc) is 2.22. The van der Waals surface area contributed by atoms with E-state index in [1.807, 2.05) is 6.92 Å². The second-order valence-corrected chi connectivity index (χ2v) is 4.40. The number of hydrogen-bond acceptors (Lipinski definition) is 2. The maximum absolute atomic E-state index is 13.0. The molecule has 0 heterocycles. The fourth-order valence-corrected chi connectivity index (χ4v) is 1.70. The van der Waals surface area contributed by atoms with Crippen LogP contribution in [0.4, 0.5) is 4.39 Å². The molecule has 0 aliphatic rings. The van der Waals surface area contributed by atoms with Gasteiger partial charge in [-0.1, -0.05) is 15.9 Å². The lowest BCUT2D eigenvalue weighted by Crippen LogP contribution is -2.35. The third-order valence-corrected chi connectivity index (χ3v) is 3.21. The lowest BCUT2D eigenvalue weighted by atomic mass is 10.0. The van der Waals surface area contributed by atoms with Crippen molar-refractivity contribution in [3.8, 4) is 0 Å². The normalized spacial score (nSPS) is 15.0. The second kappa shape index (κ2) is 5.58. The number of benzene rings is 1. The molecule has 1 aromatic carbocycles. The predicted molar refractivity (Wildman–Crippen MR) is 62.3 cm³/mol. The van der Waals surface area contributed by atoms with Crippen LogP contribution in [0.2, 0.25) is 0 Å². The highest BCUT2D eigenvalue weighted by Gasteiger charge is 2.14. The summed E-state index contributed by atoms with van der Waals surface area (Å²) in [5.74, 6) is -0.245. The SMILES string of the molecule is COC(C)C(N)Cc1cc(F)ccc1Br. The van der Waals surface area contributed by atoms with Crippen LogP contribution in [0, 0.1) is 5.82 Å². The molecule has 2 N–H and O–H groups in total. The molecule has 2 atom stereocenters. The lowest BCUT2D eigenvalue weighted by Gasteiger charge is -2.18. The van der Waals surface area contributed by atoms with Crippen LogP contribution in [0.25, 0.3) is 0 Å². The molecule has 0 spiro atoms. The minimum Gasteiger partial charge on any atom is -0.380 e. The Hall–Kier alpha value is -0.450. The number of rotatable bonds is 4. The standard InChI is InChI=1S/C11H15BrFNO/c1-7(15-2)11(14)6-8-5-9(13)3-4-10(8)12/h3-5,7,11H,6,14H2,1-2H3. The summed E-state index contributed by atoms with van der Waals surface area (Å²) in [5.41, 5.74) is 6.78. The van der Waals surface area contributed by atoms with E-state index in [-0.39, 0.29) is 18.0 Å². The molecule has 2 unspecified atom stereocenters. The summed E-state index contributed by atoms with van der Waals surface area (Å²) in [6, 6.07) is 4.47. The van der Waals surface area contributed by atoms with Crippen LogP contribution in [0.15, 0.2) is 22.7 Å². The van der Waals surface area contributed by atoms with Crippen LogP contribution in [-0.4, -0.2) is 19.3 Å². The highest BCUT2D eigenvalue weighted by Crippen LogP contribution is 2.19. The van der Waals surface area contributed by atoms with Crippen molar-refractivity contribution in [1.82, 2.24) is 0 Å². The van der Waals surface area contributed by atoms with Gasteiger partial charge in [-0.3, -0.25) is 0 Å².